The van der Waals surface area contributed by atoms with Gasteiger partial charge >= 0.3 is 0 Å². The van der Waals surface area contributed by atoms with Gasteiger partial charge in [0.1, 0.15) is 11.2 Å². The second-order valence-corrected chi connectivity index (χ2v) is 14.1. The van der Waals surface area contributed by atoms with E-state index in [1.54, 1.807) is 0 Å². The number of para-hydroxylation sites is 2. The van der Waals surface area contributed by atoms with Crippen LogP contribution in [0.1, 0.15) is 27.8 Å². The lowest BCUT2D eigenvalue weighted by Gasteiger charge is -2.36. The van der Waals surface area contributed by atoms with Crippen molar-refractivity contribution in [1.82, 2.24) is 0 Å². The Morgan fingerprint density at radius 3 is 1.79 bits per heavy atom. The van der Waals surface area contributed by atoms with Crippen LogP contribution in [0.15, 0.2) is 186 Å². The summed E-state index contributed by atoms with van der Waals surface area (Å²) in [5.74, 6) is 0. The average molecular weight is 664 g/mol. The third-order valence-electron chi connectivity index (χ3n) is 11.3. The molecule has 1 spiro atoms. The molecule has 1 unspecified atom stereocenters. The Hall–Kier alpha value is -6.64. The maximum Gasteiger partial charge on any atom is 0.140 e. The van der Waals surface area contributed by atoms with Gasteiger partial charge in [0.2, 0.25) is 0 Å². The van der Waals surface area contributed by atoms with E-state index in [2.05, 4.69) is 194 Å². The molecule has 244 valence electrons. The van der Waals surface area contributed by atoms with Crippen molar-refractivity contribution in [3.8, 4) is 33.4 Å². The number of nitrogens with zero attached hydrogens (tertiary/aromatic N) is 1. The van der Waals surface area contributed by atoms with E-state index in [4.69, 9.17) is 4.42 Å². The first-order valence-electron chi connectivity index (χ1n) is 18.0. The molecule has 11 rings (SSSR count). The third kappa shape index (κ3) is 3.84. The summed E-state index contributed by atoms with van der Waals surface area (Å²) in [6.07, 6.45) is 0. The molecule has 0 aliphatic heterocycles. The van der Waals surface area contributed by atoms with Crippen molar-refractivity contribution in [2.45, 2.75) is 12.3 Å². The van der Waals surface area contributed by atoms with Gasteiger partial charge in [0.25, 0.3) is 0 Å². The van der Waals surface area contributed by atoms with E-state index >= 15 is 0 Å². The van der Waals surface area contributed by atoms with Gasteiger partial charge in [-0.1, -0.05) is 151 Å². The number of fused-ring (bicyclic) bond motifs is 14. The summed E-state index contributed by atoms with van der Waals surface area (Å²) in [7, 11) is 0. The van der Waals surface area contributed by atoms with Crippen molar-refractivity contribution in [3.05, 3.63) is 210 Å². The number of benzene rings is 8. The maximum atomic E-state index is 6.99. The summed E-state index contributed by atoms with van der Waals surface area (Å²) in [6, 6.07) is 66.5. The number of hydrogen-bond donors (Lipinski definition) is 0. The highest BCUT2D eigenvalue weighted by Gasteiger charge is 2.55. The van der Waals surface area contributed by atoms with E-state index < -0.39 is 5.41 Å². The lowest BCUT2D eigenvalue weighted by Crippen LogP contribution is -2.28. The van der Waals surface area contributed by atoms with Gasteiger partial charge in [0, 0.05) is 33.2 Å². The van der Waals surface area contributed by atoms with E-state index in [0.29, 0.717) is 0 Å². The number of hydrogen-bond acceptors (Lipinski definition) is 2. The van der Waals surface area contributed by atoms with E-state index in [9.17, 15) is 0 Å². The summed E-state index contributed by atoms with van der Waals surface area (Å²) < 4.78 is 6.99. The first kappa shape index (κ1) is 29.1. The highest BCUT2D eigenvalue weighted by atomic mass is 16.3. The highest BCUT2D eigenvalue weighted by Crippen LogP contribution is 2.67. The molecule has 0 saturated carbocycles. The Balaban J connectivity index is 1.31. The number of aryl methyl sites for hydroxylation is 1. The Kier molecular flexibility index (Phi) is 6.12. The van der Waals surface area contributed by atoms with Crippen molar-refractivity contribution in [2.24, 2.45) is 0 Å². The van der Waals surface area contributed by atoms with Gasteiger partial charge in [0.05, 0.1) is 16.8 Å². The zero-order valence-electron chi connectivity index (χ0n) is 28.7. The Labute approximate surface area is 302 Å². The normalized spacial score (nSPS) is 15.1. The van der Waals surface area contributed by atoms with Crippen LogP contribution in [0.4, 0.5) is 17.1 Å². The van der Waals surface area contributed by atoms with Crippen LogP contribution < -0.4 is 4.90 Å². The fraction of sp³-hybridized carbons (Fsp3) is 0.0400. The monoisotopic (exact) mass is 663 g/mol. The minimum atomic E-state index is -0.632. The van der Waals surface area contributed by atoms with Gasteiger partial charge in [-0.05, 0) is 82.3 Å². The van der Waals surface area contributed by atoms with Crippen molar-refractivity contribution in [3.63, 3.8) is 0 Å². The predicted molar refractivity (Wildman–Crippen MR) is 215 cm³/mol. The maximum absolute atomic E-state index is 6.99. The quantitative estimate of drug-likeness (QED) is 0.186. The predicted octanol–water partition coefficient (Wildman–Crippen LogP) is 13.4. The Morgan fingerprint density at radius 1 is 0.423 bits per heavy atom. The van der Waals surface area contributed by atoms with Gasteiger partial charge in [-0.3, -0.25) is 0 Å². The Bertz CT molecular complexity index is 2850. The van der Waals surface area contributed by atoms with Crippen LogP contribution in [0.25, 0.3) is 55.3 Å². The Morgan fingerprint density at radius 2 is 1.02 bits per heavy atom. The lowest BCUT2D eigenvalue weighted by molar-refractivity contribution is 0.652. The molecule has 0 bridgehead atoms. The first-order chi connectivity index (χ1) is 25.7. The second-order valence-electron chi connectivity index (χ2n) is 14.1. The minimum Gasteiger partial charge on any atom is -0.456 e. The van der Waals surface area contributed by atoms with E-state index in [-0.39, 0.29) is 0 Å². The smallest absolute Gasteiger partial charge is 0.140 e. The summed E-state index contributed by atoms with van der Waals surface area (Å²) in [4.78, 5) is 2.49. The van der Waals surface area contributed by atoms with E-state index in [1.807, 2.05) is 0 Å². The molecule has 1 heterocycles. The first-order valence-corrected chi connectivity index (χ1v) is 18.0. The van der Waals surface area contributed by atoms with Crippen molar-refractivity contribution in [1.29, 1.82) is 0 Å². The highest BCUT2D eigenvalue weighted by molar-refractivity contribution is 6.12. The molecular weight excluding hydrogens is 631 g/mol. The molecule has 0 fully saturated rings. The molecule has 0 radical (unpaired) electrons. The molecule has 2 nitrogen and oxygen atoms in total. The van der Waals surface area contributed by atoms with Gasteiger partial charge < -0.3 is 9.32 Å². The van der Waals surface area contributed by atoms with E-state index in [1.165, 1.54) is 61.2 Å². The summed E-state index contributed by atoms with van der Waals surface area (Å²) >= 11 is 0. The van der Waals surface area contributed by atoms with Gasteiger partial charge in [-0.25, -0.2) is 0 Å². The molecule has 2 aliphatic carbocycles. The molecule has 1 atom stereocenters. The molecule has 1 aromatic heterocycles. The largest absolute Gasteiger partial charge is 0.456 e. The molecule has 2 aliphatic rings. The SMILES string of the molecule is Cc1ccc(N(c2ccccc2-c2ccccc2)c2cccc3c2C2(c4ccccc4-3)c3ccccc3-c3ccc4c(oc5ccccc54)c32)cc1. The third-order valence-corrected chi connectivity index (χ3v) is 11.3. The second kappa shape index (κ2) is 10.9. The molecule has 9 aromatic rings. The summed E-state index contributed by atoms with van der Waals surface area (Å²) in [5.41, 5.74) is 18.3. The van der Waals surface area contributed by atoms with E-state index in [0.717, 1.165) is 39.0 Å². The summed E-state index contributed by atoms with van der Waals surface area (Å²) in [6.45, 7) is 2.16. The van der Waals surface area contributed by atoms with Gasteiger partial charge in [0.15, 0.2) is 0 Å². The van der Waals surface area contributed by atoms with Crippen LogP contribution in [0.5, 0.6) is 0 Å². The van der Waals surface area contributed by atoms with Crippen molar-refractivity contribution >= 4 is 39.0 Å². The van der Waals surface area contributed by atoms with Crippen LogP contribution in [-0.4, -0.2) is 0 Å². The lowest BCUT2D eigenvalue weighted by atomic mass is 9.69. The molecule has 8 aromatic carbocycles. The fourth-order valence-electron chi connectivity index (χ4n) is 9.26. The topological polar surface area (TPSA) is 16.4 Å². The average Bonchev–Trinajstić information content (AvgIpc) is 3.84. The molecule has 52 heavy (non-hydrogen) atoms. The van der Waals surface area contributed by atoms with Crippen LogP contribution in [0.2, 0.25) is 0 Å². The minimum absolute atomic E-state index is 0.632. The fourth-order valence-corrected chi connectivity index (χ4v) is 9.26. The summed E-state index contributed by atoms with van der Waals surface area (Å²) in [5, 5.41) is 2.29. The molecule has 0 amide bonds. The number of anilines is 3. The standard InChI is InChI=1S/C50H33NO/c1-32-26-28-34(29-27-32)51(44-23-11-7-16-35(44)33-14-3-2-4-15-33)45-24-13-20-39-36-17-5-9-21-42(36)50(47(39)45)43-22-10-6-18-37(43)40-30-31-41-38-19-8-12-25-46(38)52-49(41)48(40)50/h2-31H,1H3. The van der Waals surface area contributed by atoms with Crippen molar-refractivity contribution in [2.75, 3.05) is 4.90 Å². The van der Waals surface area contributed by atoms with Crippen molar-refractivity contribution < 1.29 is 4.42 Å². The van der Waals surface area contributed by atoms with Crippen LogP contribution in [-0.2, 0) is 5.41 Å². The van der Waals surface area contributed by atoms with Crippen LogP contribution in [0.3, 0.4) is 0 Å². The molecule has 2 heteroatoms. The molecule has 0 N–H and O–H groups in total. The van der Waals surface area contributed by atoms with Crippen LogP contribution >= 0.6 is 0 Å². The number of furan rings is 1. The zero-order valence-corrected chi connectivity index (χ0v) is 28.7. The molecule has 0 saturated heterocycles. The van der Waals surface area contributed by atoms with Gasteiger partial charge in [-0.2, -0.15) is 0 Å². The van der Waals surface area contributed by atoms with Gasteiger partial charge in [-0.15, -0.1) is 0 Å². The number of rotatable bonds is 4. The molecular formula is C50H33NO. The zero-order chi connectivity index (χ0) is 34.4. The van der Waals surface area contributed by atoms with Crippen LogP contribution in [0, 0.1) is 6.92 Å².